The van der Waals surface area contributed by atoms with Crippen molar-refractivity contribution in [2.75, 3.05) is 6.16 Å². The summed E-state index contributed by atoms with van der Waals surface area (Å²) in [6.45, 7) is 6.58. The summed E-state index contributed by atoms with van der Waals surface area (Å²) in [5.41, 5.74) is 0.982. The topological polar surface area (TPSA) is 43.4 Å². The lowest BCUT2D eigenvalue weighted by atomic mass is 9.75. The van der Waals surface area contributed by atoms with Crippen molar-refractivity contribution in [3.05, 3.63) is 41.7 Å². The number of carbonyl (C=O) groups excluding carboxylic acids is 1. The monoisotopic (exact) mass is 347 g/mol. The van der Waals surface area contributed by atoms with Gasteiger partial charge in [-0.2, -0.15) is 0 Å². The number of hydrogen-bond acceptors (Lipinski definition) is 3. The number of rotatable bonds is 6. The van der Waals surface area contributed by atoms with Crippen molar-refractivity contribution in [3.8, 4) is 0 Å². The van der Waals surface area contributed by atoms with Crippen LogP contribution in [-0.4, -0.2) is 18.2 Å². The Morgan fingerprint density at radius 3 is 2.67 bits per heavy atom. The van der Waals surface area contributed by atoms with E-state index in [2.05, 4.69) is 20.8 Å². The van der Waals surface area contributed by atoms with Gasteiger partial charge in [0.2, 0.25) is 6.16 Å². The highest BCUT2D eigenvalue weighted by Crippen LogP contribution is 2.36. The predicted octanol–water partition coefficient (Wildman–Crippen LogP) is 5.49. The summed E-state index contributed by atoms with van der Waals surface area (Å²) in [4.78, 5) is 12.2. The molecule has 4 heteroatoms. The zero-order valence-electron chi connectivity index (χ0n) is 14.9. The van der Waals surface area contributed by atoms with Gasteiger partial charge in [0, 0.05) is 0 Å². The lowest BCUT2D eigenvalue weighted by Crippen LogP contribution is -2.36. The standard InChI is InChI=1S/C20H28O3P/c1-15(2)18-10-9-16(3)13-19(18)23-20(21)14-24(22)12-11-17-7-5-4-6-8-17/h4-8,11-12,15-16,18-19H,9-10,13-14H2,1-3H3/q+1. The average Bonchev–Trinajstić information content (AvgIpc) is 2.53. The minimum atomic E-state index is -1.72. The third-order valence-electron chi connectivity index (χ3n) is 4.76. The fraction of sp³-hybridized carbons (Fsp3) is 0.550. The first-order valence-electron chi connectivity index (χ1n) is 8.82. The van der Waals surface area contributed by atoms with Crippen LogP contribution in [0.25, 0.3) is 6.08 Å². The van der Waals surface area contributed by atoms with Gasteiger partial charge >= 0.3 is 13.8 Å². The summed E-state index contributed by atoms with van der Waals surface area (Å²) in [7, 11) is -1.72. The van der Waals surface area contributed by atoms with Crippen LogP contribution in [0.3, 0.4) is 0 Å². The van der Waals surface area contributed by atoms with E-state index in [1.54, 1.807) is 11.9 Å². The molecule has 0 aliphatic heterocycles. The van der Waals surface area contributed by atoms with Gasteiger partial charge in [-0.15, -0.1) is 0 Å². The molecule has 1 aromatic carbocycles. The Morgan fingerprint density at radius 1 is 1.29 bits per heavy atom. The molecule has 1 aliphatic carbocycles. The van der Waals surface area contributed by atoms with Gasteiger partial charge in [-0.1, -0.05) is 62.1 Å². The van der Waals surface area contributed by atoms with E-state index in [1.807, 2.05) is 30.3 Å². The first-order chi connectivity index (χ1) is 11.5. The van der Waals surface area contributed by atoms with Crippen LogP contribution in [0.5, 0.6) is 0 Å². The SMILES string of the molecule is CC1CCC(C(C)C)C(OC(=O)C[P+](=O)C=Cc2ccccc2)C1. The Bertz CT molecular complexity index is 580. The van der Waals surface area contributed by atoms with Crippen molar-refractivity contribution >= 4 is 19.8 Å². The van der Waals surface area contributed by atoms with E-state index in [-0.39, 0.29) is 18.2 Å². The quantitative estimate of drug-likeness (QED) is 0.505. The van der Waals surface area contributed by atoms with Crippen LogP contribution in [0.4, 0.5) is 0 Å². The Balaban J connectivity index is 1.87. The largest absolute Gasteiger partial charge is 0.459 e. The van der Waals surface area contributed by atoms with Crippen molar-refractivity contribution < 1.29 is 14.1 Å². The van der Waals surface area contributed by atoms with E-state index in [0.717, 1.165) is 18.4 Å². The maximum absolute atomic E-state index is 12.2. The average molecular weight is 347 g/mol. The number of ether oxygens (including phenoxy) is 1. The molecular weight excluding hydrogens is 319 g/mol. The summed E-state index contributed by atoms with van der Waals surface area (Å²) in [5.74, 6) is 2.78. The Hall–Kier alpha value is -1.47. The first-order valence-corrected chi connectivity index (χ1v) is 10.3. The molecule has 1 fully saturated rings. The lowest BCUT2D eigenvalue weighted by Gasteiger charge is -2.36. The molecule has 3 nitrogen and oxygen atoms in total. The Kier molecular flexibility index (Phi) is 7.17. The summed E-state index contributed by atoms with van der Waals surface area (Å²) in [6, 6.07) is 9.67. The van der Waals surface area contributed by atoms with Crippen LogP contribution >= 0.6 is 7.80 Å². The van der Waals surface area contributed by atoms with Gasteiger partial charge in [0.15, 0.2) is 5.82 Å². The molecule has 0 aromatic heterocycles. The van der Waals surface area contributed by atoms with Gasteiger partial charge in [-0.05, 0) is 42.2 Å². The fourth-order valence-electron chi connectivity index (χ4n) is 3.37. The Morgan fingerprint density at radius 2 is 2.00 bits per heavy atom. The van der Waals surface area contributed by atoms with Crippen LogP contribution in [-0.2, 0) is 14.1 Å². The zero-order chi connectivity index (χ0) is 17.5. The third-order valence-corrected chi connectivity index (χ3v) is 5.81. The highest BCUT2D eigenvalue weighted by atomic mass is 31.1. The molecule has 0 saturated heterocycles. The van der Waals surface area contributed by atoms with Gasteiger partial charge in [0.05, 0.1) is 0 Å². The zero-order valence-corrected chi connectivity index (χ0v) is 15.7. The smallest absolute Gasteiger partial charge is 0.381 e. The maximum Gasteiger partial charge on any atom is 0.381 e. The normalized spacial score (nSPS) is 25.0. The van der Waals surface area contributed by atoms with Gasteiger partial charge in [-0.3, -0.25) is 0 Å². The van der Waals surface area contributed by atoms with E-state index in [1.165, 1.54) is 6.42 Å². The van der Waals surface area contributed by atoms with E-state index in [0.29, 0.717) is 17.8 Å². The van der Waals surface area contributed by atoms with Gasteiger partial charge in [0.1, 0.15) is 6.10 Å². The number of hydrogen-bond donors (Lipinski definition) is 0. The first kappa shape index (κ1) is 18.9. The maximum atomic E-state index is 12.2. The molecule has 24 heavy (non-hydrogen) atoms. The molecule has 1 aromatic rings. The number of esters is 1. The van der Waals surface area contributed by atoms with Crippen molar-refractivity contribution in [2.45, 2.75) is 46.1 Å². The molecule has 0 spiro atoms. The van der Waals surface area contributed by atoms with Gasteiger partial charge < -0.3 is 4.74 Å². The lowest BCUT2D eigenvalue weighted by molar-refractivity contribution is -0.152. The predicted molar refractivity (Wildman–Crippen MR) is 99.2 cm³/mol. The van der Waals surface area contributed by atoms with Crippen LogP contribution in [0, 0.1) is 17.8 Å². The third kappa shape index (κ3) is 5.87. The van der Waals surface area contributed by atoms with E-state index in [9.17, 15) is 9.36 Å². The number of benzene rings is 1. The van der Waals surface area contributed by atoms with Crippen molar-refractivity contribution in [2.24, 2.45) is 17.8 Å². The second kappa shape index (κ2) is 9.13. The van der Waals surface area contributed by atoms with Crippen molar-refractivity contribution in [3.63, 3.8) is 0 Å². The molecule has 0 heterocycles. The fourth-order valence-corrected chi connectivity index (χ4v) is 4.14. The molecule has 0 bridgehead atoms. The summed E-state index contributed by atoms with van der Waals surface area (Å²) >= 11 is 0. The summed E-state index contributed by atoms with van der Waals surface area (Å²) in [5, 5.41) is 0. The molecule has 1 aliphatic rings. The van der Waals surface area contributed by atoms with Crippen LogP contribution < -0.4 is 0 Å². The highest BCUT2D eigenvalue weighted by molar-refractivity contribution is 7.49. The molecule has 4 unspecified atom stereocenters. The molecule has 4 atom stereocenters. The molecular formula is C20H28O3P+. The van der Waals surface area contributed by atoms with Gasteiger partial charge in [-0.25, -0.2) is 4.79 Å². The van der Waals surface area contributed by atoms with Crippen LogP contribution in [0.15, 0.2) is 36.1 Å². The summed E-state index contributed by atoms with van der Waals surface area (Å²) < 4.78 is 17.8. The van der Waals surface area contributed by atoms with E-state index < -0.39 is 7.80 Å². The molecule has 0 N–H and O–H groups in total. The van der Waals surface area contributed by atoms with Gasteiger partial charge in [0.25, 0.3) is 0 Å². The molecule has 0 radical (unpaired) electrons. The van der Waals surface area contributed by atoms with E-state index >= 15 is 0 Å². The minimum Gasteiger partial charge on any atom is -0.459 e. The molecule has 130 valence electrons. The number of carbonyl (C=O) groups is 1. The van der Waals surface area contributed by atoms with Crippen LogP contribution in [0.2, 0.25) is 0 Å². The molecule has 1 saturated carbocycles. The second-order valence-corrected chi connectivity index (χ2v) is 8.60. The van der Waals surface area contributed by atoms with E-state index in [4.69, 9.17) is 4.74 Å². The Labute approximate surface area is 146 Å². The van der Waals surface area contributed by atoms with Crippen molar-refractivity contribution in [1.29, 1.82) is 0 Å². The minimum absolute atomic E-state index is 0.0252. The summed E-state index contributed by atoms with van der Waals surface area (Å²) in [6.07, 6.45) is 4.97. The highest BCUT2D eigenvalue weighted by Gasteiger charge is 2.34. The van der Waals surface area contributed by atoms with Crippen LogP contribution in [0.1, 0.15) is 45.6 Å². The molecule has 0 amide bonds. The van der Waals surface area contributed by atoms with Crippen molar-refractivity contribution in [1.82, 2.24) is 0 Å². The second-order valence-electron chi connectivity index (χ2n) is 7.16. The molecule has 2 rings (SSSR count).